The molecule has 0 saturated carbocycles. The molecule has 0 unspecified atom stereocenters. The average molecular weight is 241 g/mol. The summed E-state index contributed by atoms with van der Waals surface area (Å²) in [4.78, 5) is 0. The molecule has 1 rings (SSSR count). The van der Waals surface area contributed by atoms with Gasteiger partial charge in [0.05, 0.1) is 11.4 Å². The molecule has 0 amide bonds. The Bertz CT molecular complexity index is 308. The van der Waals surface area contributed by atoms with Gasteiger partial charge in [0.15, 0.2) is 0 Å². The van der Waals surface area contributed by atoms with Crippen molar-refractivity contribution in [3.8, 4) is 0 Å². The molecule has 1 aromatic carbocycles. The minimum absolute atomic E-state index is 0.637. The van der Waals surface area contributed by atoms with Crippen molar-refractivity contribution in [2.24, 2.45) is 0 Å². The lowest BCUT2D eigenvalue weighted by atomic mass is 10.1. The molecule has 2 nitrogen and oxygen atoms in total. The van der Waals surface area contributed by atoms with Crippen molar-refractivity contribution in [1.82, 2.24) is 0 Å². The first-order valence-corrected chi connectivity index (χ1v) is 5.23. The highest BCUT2D eigenvalue weighted by Gasteiger charge is 1.93. The van der Waals surface area contributed by atoms with Crippen LogP contribution in [0, 0.1) is 0 Å². The van der Waals surface area contributed by atoms with E-state index in [1.165, 1.54) is 0 Å². The number of rotatable bonds is 3. The van der Waals surface area contributed by atoms with Crippen molar-refractivity contribution >= 4 is 33.4 Å². The van der Waals surface area contributed by atoms with Crippen LogP contribution in [-0.2, 0) is 0 Å². The van der Waals surface area contributed by atoms with Crippen LogP contribution in [0.1, 0.15) is 12.0 Å². The van der Waals surface area contributed by atoms with Gasteiger partial charge in [-0.2, -0.15) is 0 Å². The molecule has 1 aromatic rings. The van der Waals surface area contributed by atoms with Crippen LogP contribution in [0.15, 0.2) is 24.3 Å². The van der Waals surface area contributed by atoms with E-state index >= 15 is 0 Å². The Morgan fingerprint density at radius 3 is 2.62 bits per heavy atom. The fourth-order valence-corrected chi connectivity index (χ4v) is 1.24. The highest BCUT2D eigenvalue weighted by atomic mass is 79.9. The molecule has 0 aliphatic heterocycles. The SMILES string of the molecule is Nc1ccc(C=CCCBr)cc1N. The second-order valence-electron chi connectivity index (χ2n) is 2.77. The zero-order valence-corrected chi connectivity index (χ0v) is 8.92. The van der Waals surface area contributed by atoms with E-state index in [4.69, 9.17) is 11.5 Å². The van der Waals surface area contributed by atoms with Gasteiger partial charge in [-0.15, -0.1) is 0 Å². The normalized spacial score (nSPS) is 10.8. The van der Waals surface area contributed by atoms with E-state index in [1.54, 1.807) is 0 Å². The first-order chi connectivity index (χ1) is 6.24. The molecule has 0 heterocycles. The van der Waals surface area contributed by atoms with Crippen molar-refractivity contribution in [2.45, 2.75) is 6.42 Å². The molecule has 0 bridgehead atoms. The summed E-state index contributed by atoms with van der Waals surface area (Å²) in [5, 5.41) is 0.980. The van der Waals surface area contributed by atoms with Gasteiger partial charge in [-0.1, -0.05) is 34.1 Å². The summed E-state index contributed by atoms with van der Waals surface area (Å²) < 4.78 is 0. The van der Waals surface area contributed by atoms with E-state index in [2.05, 4.69) is 22.0 Å². The lowest BCUT2D eigenvalue weighted by Crippen LogP contribution is -1.93. The number of allylic oxidation sites excluding steroid dienone is 1. The van der Waals surface area contributed by atoms with Gasteiger partial charge in [0, 0.05) is 5.33 Å². The molecule has 0 aliphatic rings. The van der Waals surface area contributed by atoms with Crippen LogP contribution in [0.5, 0.6) is 0 Å². The third kappa shape index (κ3) is 3.11. The average Bonchev–Trinajstić information content (AvgIpc) is 2.12. The Labute approximate surface area is 86.7 Å². The molecule has 0 radical (unpaired) electrons. The zero-order valence-electron chi connectivity index (χ0n) is 7.33. The number of halogens is 1. The van der Waals surface area contributed by atoms with Crippen LogP contribution in [0.4, 0.5) is 11.4 Å². The summed E-state index contributed by atoms with van der Waals surface area (Å²) in [6.45, 7) is 0. The highest BCUT2D eigenvalue weighted by molar-refractivity contribution is 9.09. The summed E-state index contributed by atoms with van der Waals surface area (Å²) in [5.41, 5.74) is 13.6. The third-order valence-corrected chi connectivity index (χ3v) is 2.15. The topological polar surface area (TPSA) is 52.0 Å². The maximum atomic E-state index is 5.66. The molecule has 0 atom stereocenters. The minimum atomic E-state index is 0.637. The fourth-order valence-electron chi connectivity index (χ4n) is 0.979. The Morgan fingerprint density at radius 2 is 2.00 bits per heavy atom. The Morgan fingerprint density at radius 1 is 1.23 bits per heavy atom. The van der Waals surface area contributed by atoms with Crippen molar-refractivity contribution < 1.29 is 0 Å². The number of benzene rings is 1. The summed E-state index contributed by atoms with van der Waals surface area (Å²) >= 11 is 3.35. The Kier molecular flexibility index (Phi) is 3.83. The van der Waals surface area contributed by atoms with Crippen molar-refractivity contribution in [3.63, 3.8) is 0 Å². The smallest absolute Gasteiger partial charge is 0.0553 e. The molecule has 70 valence electrons. The number of anilines is 2. The molecular formula is C10H13BrN2. The molecular weight excluding hydrogens is 228 g/mol. The van der Waals surface area contributed by atoms with Gasteiger partial charge < -0.3 is 11.5 Å². The summed E-state index contributed by atoms with van der Waals surface area (Å²) in [5.74, 6) is 0. The highest BCUT2D eigenvalue weighted by Crippen LogP contribution is 2.16. The maximum Gasteiger partial charge on any atom is 0.0553 e. The lowest BCUT2D eigenvalue weighted by Gasteiger charge is -2.00. The van der Waals surface area contributed by atoms with Crippen LogP contribution in [0.2, 0.25) is 0 Å². The van der Waals surface area contributed by atoms with Crippen LogP contribution in [0.3, 0.4) is 0 Å². The number of nitrogens with two attached hydrogens (primary N) is 2. The van der Waals surface area contributed by atoms with Crippen molar-refractivity contribution in [1.29, 1.82) is 0 Å². The first-order valence-electron chi connectivity index (χ1n) is 4.11. The van der Waals surface area contributed by atoms with Crippen LogP contribution >= 0.6 is 15.9 Å². The standard InChI is InChI=1S/C10H13BrN2/c11-6-2-1-3-8-4-5-9(12)10(13)7-8/h1,3-5,7H,2,6,12-13H2. The predicted molar refractivity (Wildman–Crippen MR) is 62.7 cm³/mol. The third-order valence-electron chi connectivity index (χ3n) is 1.70. The number of hydrogen-bond acceptors (Lipinski definition) is 2. The van der Waals surface area contributed by atoms with Gasteiger partial charge in [0.1, 0.15) is 0 Å². The molecule has 0 saturated heterocycles. The van der Waals surface area contributed by atoms with Gasteiger partial charge in [0.2, 0.25) is 0 Å². The lowest BCUT2D eigenvalue weighted by molar-refractivity contribution is 1.27. The van der Waals surface area contributed by atoms with Crippen LogP contribution < -0.4 is 11.5 Å². The van der Waals surface area contributed by atoms with Crippen LogP contribution in [-0.4, -0.2) is 5.33 Å². The molecule has 0 aromatic heterocycles. The van der Waals surface area contributed by atoms with Gasteiger partial charge in [0.25, 0.3) is 0 Å². The number of hydrogen-bond donors (Lipinski definition) is 2. The van der Waals surface area contributed by atoms with Gasteiger partial charge >= 0.3 is 0 Å². The van der Waals surface area contributed by atoms with E-state index in [1.807, 2.05) is 24.3 Å². The van der Waals surface area contributed by atoms with E-state index in [0.717, 1.165) is 17.3 Å². The zero-order chi connectivity index (χ0) is 9.68. The second kappa shape index (κ2) is 4.92. The molecule has 0 fully saturated rings. The molecule has 4 N–H and O–H groups in total. The second-order valence-corrected chi connectivity index (χ2v) is 3.56. The quantitative estimate of drug-likeness (QED) is 0.631. The van der Waals surface area contributed by atoms with E-state index in [-0.39, 0.29) is 0 Å². The van der Waals surface area contributed by atoms with E-state index in [0.29, 0.717) is 11.4 Å². The predicted octanol–water partition coefficient (Wildman–Crippen LogP) is 2.65. The molecule has 3 heteroatoms. The van der Waals surface area contributed by atoms with E-state index in [9.17, 15) is 0 Å². The maximum absolute atomic E-state index is 5.66. The summed E-state index contributed by atoms with van der Waals surface area (Å²) in [7, 11) is 0. The van der Waals surface area contributed by atoms with E-state index < -0.39 is 0 Å². The summed E-state index contributed by atoms with van der Waals surface area (Å²) in [6.07, 6.45) is 5.15. The summed E-state index contributed by atoms with van der Waals surface area (Å²) in [6, 6.07) is 5.65. The number of nitrogen functional groups attached to an aromatic ring is 2. The first kappa shape index (κ1) is 10.1. The van der Waals surface area contributed by atoms with Crippen molar-refractivity contribution in [3.05, 3.63) is 29.8 Å². The Hall–Kier alpha value is -0.960. The monoisotopic (exact) mass is 240 g/mol. The minimum Gasteiger partial charge on any atom is -0.397 e. The largest absolute Gasteiger partial charge is 0.397 e. The van der Waals surface area contributed by atoms with Gasteiger partial charge in [-0.25, -0.2) is 0 Å². The van der Waals surface area contributed by atoms with Crippen LogP contribution in [0.25, 0.3) is 6.08 Å². The molecule has 0 aliphatic carbocycles. The molecule has 13 heavy (non-hydrogen) atoms. The molecule has 0 spiro atoms. The number of alkyl halides is 1. The van der Waals surface area contributed by atoms with Gasteiger partial charge in [-0.3, -0.25) is 0 Å². The van der Waals surface area contributed by atoms with Gasteiger partial charge in [-0.05, 0) is 24.1 Å². The van der Waals surface area contributed by atoms with Crippen molar-refractivity contribution in [2.75, 3.05) is 16.8 Å². The fraction of sp³-hybridized carbons (Fsp3) is 0.200. The Balaban J connectivity index is 2.73.